The molecule has 0 aliphatic carbocycles. The van der Waals surface area contributed by atoms with E-state index in [1.807, 2.05) is 37.3 Å². The Morgan fingerprint density at radius 2 is 1.89 bits per heavy atom. The van der Waals surface area contributed by atoms with Crippen molar-refractivity contribution in [2.75, 3.05) is 13.7 Å². The standard InChI is InChI=1S/C14H14O3S/c1-3-17-11-6-4-10(5-7-11)12-8-9-13(18-12)14(15)16-2/h4-9H,3H2,1-2H3. The van der Waals surface area contributed by atoms with Gasteiger partial charge >= 0.3 is 5.97 Å². The molecule has 0 aliphatic rings. The SMILES string of the molecule is CCOc1ccc(-c2ccc(C(=O)OC)s2)cc1. The second-order valence-electron chi connectivity index (χ2n) is 3.61. The van der Waals surface area contributed by atoms with Crippen LogP contribution in [-0.2, 0) is 4.74 Å². The van der Waals surface area contributed by atoms with Gasteiger partial charge in [-0.05, 0) is 48.9 Å². The number of hydrogen-bond donors (Lipinski definition) is 0. The molecular weight excluding hydrogens is 248 g/mol. The number of carbonyl (C=O) groups excluding carboxylic acids is 1. The van der Waals surface area contributed by atoms with Crippen molar-refractivity contribution in [2.24, 2.45) is 0 Å². The van der Waals surface area contributed by atoms with E-state index < -0.39 is 0 Å². The Morgan fingerprint density at radius 3 is 2.50 bits per heavy atom. The molecule has 0 fully saturated rings. The lowest BCUT2D eigenvalue weighted by Gasteiger charge is -2.03. The predicted molar refractivity (Wildman–Crippen MR) is 72.3 cm³/mol. The van der Waals surface area contributed by atoms with E-state index in [1.165, 1.54) is 18.4 Å². The largest absolute Gasteiger partial charge is 0.494 e. The molecule has 0 radical (unpaired) electrons. The Morgan fingerprint density at radius 1 is 1.17 bits per heavy atom. The van der Waals surface area contributed by atoms with Crippen molar-refractivity contribution in [3.8, 4) is 16.2 Å². The smallest absolute Gasteiger partial charge is 0.348 e. The number of thiophene rings is 1. The maximum absolute atomic E-state index is 11.4. The Bertz CT molecular complexity index is 528. The van der Waals surface area contributed by atoms with Crippen LogP contribution < -0.4 is 4.74 Å². The summed E-state index contributed by atoms with van der Waals surface area (Å²) in [5.41, 5.74) is 1.07. The summed E-state index contributed by atoms with van der Waals surface area (Å²) < 4.78 is 10.1. The van der Waals surface area contributed by atoms with Crippen LogP contribution in [0.5, 0.6) is 5.75 Å². The predicted octanol–water partition coefficient (Wildman–Crippen LogP) is 3.60. The van der Waals surface area contributed by atoms with Crippen LogP contribution >= 0.6 is 11.3 Å². The molecule has 0 spiro atoms. The Kier molecular flexibility index (Phi) is 3.99. The van der Waals surface area contributed by atoms with E-state index in [1.54, 1.807) is 6.07 Å². The first-order valence-corrected chi connectivity index (χ1v) is 6.47. The average molecular weight is 262 g/mol. The normalized spacial score (nSPS) is 10.1. The first-order chi connectivity index (χ1) is 8.74. The molecular formula is C14H14O3S. The zero-order valence-corrected chi connectivity index (χ0v) is 11.1. The number of methoxy groups -OCH3 is 1. The monoisotopic (exact) mass is 262 g/mol. The van der Waals surface area contributed by atoms with Crippen LogP contribution in [0.15, 0.2) is 36.4 Å². The lowest BCUT2D eigenvalue weighted by atomic mass is 10.2. The molecule has 2 rings (SSSR count). The van der Waals surface area contributed by atoms with Crippen molar-refractivity contribution in [3.05, 3.63) is 41.3 Å². The lowest BCUT2D eigenvalue weighted by Crippen LogP contribution is -1.96. The minimum Gasteiger partial charge on any atom is -0.494 e. The Labute approximate surface area is 110 Å². The third kappa shape index (κ3) is 2.71. The fraction of sp³-hybridized carbons (Fsp3) is 0.214. The maximum atomic E-state index is 11.4. The Hall–Kier alpha value is -1.81. The van der Waals surface area contributed by atoms with E-state index >= 15 is 0 Å². The van der Waals surface area contributed by atoms with Gasteiger partial charge in [0.05, 0.1) is 13.7 Å². The van der Waals surface area contributed by atoms with E-state index in [0.29, 0.717) is 11.5 Å². The molecule has 1 heterocycles. The molecule has 0 amide bonds. The molecule has 18 heavy (non-hydrogen) atoms. The summed E-state index contributed by atoms with van der Waals surface area (Å²) in [6, 6.07) is 11.5. The molecule has 0 unspecified atom stereocenters. The number of rotatable bonds is 4. The van der Waals surface area contributed by atoms with Crippen molar-refractivity contribution in [1.82, 2.24) is 0 Å². The van der Waals surface area contributed by atoms with E-state index in [2.05, 4.69) is 4.74 Å². The van der Waals surface area contributed by atoms with Gasteiger partial charge in [-0.3, -0.25) is 0 Å². The summed E-state index contributed by atoms with van der Waals surface area (Å²) in [5, 5.41) is 0. The van der Waals surface area contributed by atoms with Crippen LogP contribution in [-0.4, -0.2) is 19.7 Å². The lowest BCUT2D eigenvalue weighted by molar-refractivity contribution is 0.0606. The molecule has 0 N–H and O–H groups in total. The summed E-state index contributed by atoms with van der Waals surface area (Å²) in [7, 11) is 1.39. The third-order valence-electron chi connectivity index (χ3n) is 2.44. The third-order valence-corrected chi connectivity index (χ3v) is 3.56. The fourth-order valence-corrected chi connectivity index (χ4v) is 2.52. The van der Waals surface area contributed by atoms with Gasteiger partial charge in [0.15, 0.2) is 0 Å². The van der Waals surface area contributed by atoms with E-state index in [-0.39, 0.29) is 5.97 Å². The van der Waals surface area contributed by atoms with Gasteiger partial charge in [0.25, 0.3) is 0 Å². The van der Waals surface area contributed by atoms with E-state index in [0.717, 1.165) is 16.2 Å². The van der Waals surface area contributed by atoms with Gasteiger partial charge in [0.2, 0.25) is 0 Å². The van der Waals surface area contributed by atoms with Crippen LogP contribution in [0, 0.1) is 0 Å². The van der Waals surface area contributed by atoms with Crippen LogP contribution in [0.25, 0.3) is 10.4 Å². The number of ether oxygens (including phenoxy) is 2. The first kappa shape index (κ1) is 12.6. The molecule has 1 aromatic heterocycles. The van der Waals surface area contributed by atoms with Crippen molar-refractivity contribution in [2.45, 2.75) is 6.92 Å². The molecule has 3 nitrogen and oxygen atoms in total. The highest BCUT2D eigenvalue weighted by Gasteiger charge is 2.10. The van der Waals surface area contributed by atoms with Crippen molar-refractivity contribution >= 4 is 17.3 Å². The second-order valence-corrected chi connectivity index (χ2v) is 4.70. The molecule has 2 aromatic rings. The molecule has 94 valence electrons. The van der Waals surface area contributed by atoms with E-state index in [4.69, 9.17) is 4.74 Å². The van der Waals surface area contributed by atoms with Gasteiger partial charge in [-0.1, -0.05) is 0 Å². The average Bonchev–Trinajstić information content (AvgIpc) is 2.89. The topological polar surface area (TPSA) is 35.5 Å². The summed E-state index contributed by atoms with van der Waals surface area (Å²) in [6.45, 7) is 2.61. The van der Waals surface area contributed by atoms with Crippen LogP contribution in [0.2, 0.25) is 0 Å². The highest BCUT2D eigenvalue weighted by molar-refractivity contribution is 7.17. The highest BCUT2D eigenvalue weighted by atomic mass is 32.1. The molecule has 0 saturated carbocycles. The van der Waals surface area contributed by atoms with Crippen LogP contribution in [0.3, 0.4) is 0 Å². The van der Waals surface area contributed by atoms with E-state index in [9.17, 15) is 4.79 Å². The zero-order valence-electron chi connectivity index (χ0n) is 10.3. The molecule has 0 saturated heterocycles. The van der Waals surface area contributed by atoms with Gasteiger partial charge in [-0.25, -0.2) is 4.79 Å². The molecule has 4 heteroatoms. The number of carbonyl (C=O) groups is 1. The van der Waals surface area contributed by atoms with Gasteiger partial charge in [-0.15, -0.1) is 11.3 Å². The molecule has 0 aliphatic heterocycles. The molecule has 1 aromatic carbocycles. The van der Waals surface area contributed by atoms with Crippen molar-refractivity contribution < 1.29 is 14.3 Å². The second kappa shape index (κ2) is 5.69. The minimum atomic E-state index is -0.294. The number of hydrogen-bond acceptors (Lipinski definition) is 4. The number of benzene rings is 1. The number of esters is 1. The quantitative estimate of drug-likeness (QED) is 0.790. The highest BCUT2D eigenvalue weighted by Crippen LogP contribution is 2.29. The van der Waals surface area contributed by atoms with Crippen molar-refractivity contribution in [1.29, 1.82) is 0 Å². The van der Waals surface area contributed by atoms with Crippen LogP contribution in [0.4, 0.5) is 0 Å². The molecule has 0 bridgehead atoms. The summed E-state index contributed by atoms with van der Waals surface area (Å²) in [4.78, 5) is 13.0. The summed E-state index contributed by atoms with van der Waals surface area (Å²) in [6.07, 6.45) is 0. The minimum absolute atomic E-state index is 0.294. The Balaban J connectivity index is 2.20. The zero-order chi connectivity index (χ0) is 13.0. The van der Waals surface area contributed by atoms with Crippen LogP contribution in [0.1, 0.15) is 16.6 Å². The van der Waals surface area contributed by atoms with Gasteiger partial charge in [0, 0.05) is 4.88 Å². The summed E-state index contributed by atoms with van der Waals surface area (Å²) >= 11 is 1.42. The van der Waals surface area contributed by atoms with Gasteiger partial charge in [0.1, 0.15) is 10.6 Å². The van der Waals surface area contributed by atoms with Gasteiger partial charge < -0.3 is 9.47 Å². The first-order valence-electron chi connectivity index (χ1n) is 5.66. The fourth-order valence-electron chi connectivity index (χ4n) is 1.59. The van der Waals surface area contributed by atoms with Gasteiger partial charge in [-0.2, -0.15) is 0 Å². The summed E-state index contributed by atoms with van der Waals surface area (Å²) in [5.74, 6) is 0.559. The molecule has 0 atom stereocenters. The van der Waals surface area contributed by atoms with Crippen molar-refractivity contribution in [3.63, 3.8) is 0 Å². The maximum Gasteiger partial charge on any atom is 0.348 e.